The van der Waals surface area contributed by atoms with E-state index in [2.05, 4.69) is 24.8 Å². The third-order valence-electron chi connectivity index (χ3n) is 6.57. The molecular formula is C27H37N7O4. The Morgan fingerprint density at radius 2 is 2.00 bits per heavy atom. The van der Waals surface area contributed by atoms with Crippen molar-refractivity contribution in [1.29, 1.82) is 0 Å². The molecule has 1 fully saturated rings. The lowest BCUT2D eigenvalue weighted by atomic mass is 9.97. The molecule has 0 unspecified atom stereocenters. The lowest BCUT2D eigenvalue weighted by molar-refractivity contribution is 0.0846. The predicted octanol–water partition coefficient (Wildman–Crippen LogP) is 3.55. The van der Waals surface area contributed by atoms with Gasteiger partial charge in [0.2, 0.25) is 0 Å². The third-order valence-corrected chi connectivity index (χ3v) is 6.57. The second-order valence-electron chi connectivity index (χ2n) is 9.69. The van der Waals surface area contributed by atoms with E-state index in [4.69, 9.17) is 19.9 Å². The topological polar surface area (TPSA) is 131 Å². The van der Waals surface area contributed by atoms with Gasteiger partial charge in [-0.15, -0.1) is 0 Å². The molecule has 0 aromatic carbocycles. The van der Waals surface area contributed by atoms with Gasteiger partial charge in [-0.1, -0.05) is 6.92 Å². The van der Waals surface area contributed by atoms with Gasteiger partial charge >= 0.3 is 6.01 Å². The van der Waals surface area contributed by atoms with Gasteiger partial charge in [0.1, 0.15) is 17.6 Å². The number of pyridine rings is 1. The van der Waals surface area contributed by atoms with E-state index in [-0.39, 0.29) is 17.9 Å². The summed E-state index contributed by atoms with van der Waals surface area (Å²) in [5.41, 5.74) is 8.32. The Hall–Kier alpha value is -3.73. The van der Waals surface area contributed by atoms with Gasteiger partial charge < -0.3 is 29.4 Å². The number of ketones is 1. The third kappa shape index (κ3) is 6.77. The Labute approximate surface area is 223 Å². The van der Waals surface area contributed by atoms with E-state index >= 15 is 0 Å². The second kappa shape index (κ2) is 12.7. The summed E-state index contributed by atoms with van der Waals surface area (Å²) in [6, 6.07) is 3.89. The number of ether oxygens (including phenoxy) is 3. The highest BCUT2D eigenvalue weighted by Crippen LogP contribution is 2.29. The van der Waals surface area contributed by atoms with Crippen molar-refractivity contribution in [3.63, 3.8) is 0 Å². The molecule has 4 heterocycles. The highest BCUT2D eigenvalue weighted by molar-refractivity contribution is 5.94. The molecule has 0 bridgehead atoms. The summed E-state index contributed by atoms with van der Waals surface area (Å²) in [5, 5.41) is 0. The van der Waals surface area contributed by atoms with Crippen LogP contribution < -0.4 is 20.1 Å². The number of piperidine rings is 1. The molecule has 1 aliphatic heterocycles. The van der Waals surface area contributed by atoms with Crippen LogP contribution in [0.4, 0.5) is 11.6 Å². The molecule has 3 aromatic rings. The van der Waals surface area contributed by atoms with Crippen molar-refractivity contribution in [2.24, 2.45) is 13.0 Å². The zero-order chi connectivity index (χ0) is 27.1. The van der Waals surface area contributed by atoms with Crippen LogP contribution in [0.1, 0.15) is 50.0 Å². The number of Topliss-reactive ketones (excluding diaryl/α,β-unsaturated/α-hetero) is 1. The van der Waals surface area contributed by atoms with E-state index in [1.165, 1.54) is 0 Å². The maximum Gasteiger partial charge on any atom is 0.319 e. The van der Waals surface area contributed by atoms with Gasteiger partial charge in [0.25, 0.3) is 0 Å². The minimum absolute atomic E-state index is 0.0109. The van der Waals surface area contributed by atoms with Crippen LogP contribution in [0.25, 0.3) is 11.3 Å². The number of nitrogens with zero attached hydrogens (tertiary/aromatic N) is 6. The number of nitrogen functional groups attached to an aromatic ring is 1. The van der Waals surface area contributed by atoms with Crippen LogP contribution in [0.5, 0.6) is 11.8 Å². The number of aromatic nitrogens is 5. The summed E-state index contributed by atoms with van der Waals surface area (Å²) in [6.07, 6.45) is 8.04. The first-order valence-electron chi connectivity index (χ1n) is 13.1. The molecule has 0 amide bonds. The summed E-state index contributed by atoms with van der Waals surface area (Å²) in [5.74, 6) is 1.99. The first kappa shape index (κ1) is 27.3. The smallest absolute Gasteiger partial charge is 0.319 e. The molecule has 0 radical (unpaired) electrons. The van der Waals surface area contributed by atoms with Crippen LogP contribution in [-0.2, 0) is 11.8 Å². The van der Waals surface area contributed by atoms with Crippen molar-refractivity contribution in [2.75, 3.05) is 44.0 Å². The Balaban J connectivity index is 1.39. The predicted molar refractivity (Wildman–Crippen MR) is 145 cm³/mol. The largest absolute Gasteiger partial charge is 0.489 e. The van der Waals surface area contributed by atoms with Crippen LogP contribution in [0.3, 0.4) is 0 Å². The van der Waals surface area contributed by atoms with Crippen molar-refractivity contribution < 1.29 is 19.0 Å². The van der Waals surface area contributed by atoms with E-state index in [9.17, 15) is 4.79 Å². The van der Waals surface area contributed by atoms with E-state index in [1.54, 1.807) is 31.9 Å². The molecule has 3 aromatic heterocycles. The Morgan fingerprint density at radius 1 is 1.21 bits per heavy atom. The zero-order valence-electron chi connectivity index (χ0n) is 22.6. The molecule has 1 saturated heterocycles. The first-order valence-corrected chi connectivity index (χ1v) is 13.1. The number of imidazole rings is 1. The van der Waals surface area contributed by atoms with Crippen molar-refractivity contribution in [1.82, 2.24) is 24.5 Å². The van der Waals surface area contributed by atoms with Crippen LogP contribution in [0, 0.1) is 5.92 Å². The van der Waals surface area contributed by atoms with Crippen LogP contribution in [0.2, 0.25) is 0 Å². The van der Waals surface area contributed by atoms with Gasteiger partial charge in [0, 0.05) is 51.5 Å². The van der Waals surface area contributed by atoms with Gasteiger partial charge in [0.15, 0.2) is 17.4 Å². The molecule has 0 aliphatic carbocycles. The lowest BCUT2D eigenvalue weighted by Crippen LogP contribution is -2.36. The molecule has 0 saturated carbocycles. The molecular weight excluding hydrogens is 486 g/mol. The minimum atomic E-state index is -0.231. The first-order chi connectivity index (χ1) is 18.4. The number of anilines is 2. The number of rotatable bonds is 12. The van der Waals surface area contributed by atoms with Crippen LogP contribution >= 0.6 is 0 Å². The van der Waals surface area contributed by atoms with Gasteiger partial charge in [-0.25, -0.2) is 9.97 Å². The van der Waals surface area contributed by atoms with Gasteiger partial charge in [-0.2, -0.15) is 9.97 Å². The van der Waals surface area contributed by atoms with E-state index < -0.39 is 0 Å². The number of carbonyl (C=O) groups excluding carboxylic acids is 1. The zero-order valence-corrected chi connectivity index (χ0v) is 22.6. The van der Waals surface area contributed by atoms with Gasteiger partial charge in [-0.3, -0.25) is 4.79 Å². The second-order valence-corrected chi connectivity index (χ2v) is 9.69. The molecule has 38 heavy (non-hydrogen) atoms. The minimum Gasteiger partial charge on any atom is -0.489 e. The molecule has 11 nitrogen and oxygen atoms in total. The molecule has 0 spiro atoms. The molecule has 4 rings (SSSR count). The van der Waals surface area contributed by atoms with Crippen molar-refractivity contribution >= 4 is 17.4 Å². The molecule has 11 heteroatoms. The lowest BCUT2D eigenvalue weighted by Gasteiger charge is -2.33. The summed E-state index contributed by atoms with van der Waals surface area (Å²) in [7, 11) is 3.55. The van der Waals surface area contributed by atoms with Crippen molar-refractivity contribution in [2.45, 2.75) is 45.6 Å². The quantitative estimate of drug-likeness (QED) is 0.352. The number of hydrogen-bond donors (Lipinski definition) is 1. The monoisotopic (exact) mass is 523 g/mol. The number of nitrogens with two attached hydrogens (primary N) is 1. The molecule has 1 atom stereocenters. The SMILES string of the molecule is CCCC(=O)c1cc(N2CCC(COc3cc(-c4cncn4C)cnc3N)CC2)nc(O[C@H](C)COC)n1. The highest BCUT2D eigenvalue weighted by Gasteiger charge is 2.24. The number of carbonyl (C=O) groups is 1. The normalized spacial score (nSPS) is 14.9. The Bertz CT molecular complexity index is 1220. The van der Waals surface area contributed by atoms with Gasteiger partial charge in [-0.05, 0) is 38.2 Å². The van der Waals surface area contributed by atoms with Gasteiger partial charge in [0.05, 0.1) is 31.4 Å². The number of methoxy groups -OCH3 is 1. The maximum atomic E-state index is 12.6. The molecule has 2 N–H and O–H groups in total. The average Bonchev–Trinajstić information content (AvgIpc) is 3.34. The van der Waals surface area contributed by atoms with E-state index in [1.807, 2.05) is 31.5 Å². The summed E-state index contributed by atoms with van der Waals surface area (Å²) < 4.78 is 19.1. The molecule has 204 valence electrons. The van der Waals surface area contributed by atoms with E-state index in [0.717, 1.165) is 43.6 Å². The van der Waals surface area contributed by atoms with Crippen molar-refractivity contribution in [3.8, 4) is 23.0 Å². The fourth-order valence-corrected chi connectivity index (χ4v) is 4.46. The summed E-state index contributed by atoms with van der Waals surface area (Å²) >= 11 is 0. The Kier molecular flexibility index (Phi) is 9.11. The van der Waals surface area contributed by atoms with Crippen molar-refractivity contribution in [3.05, 3.63) is 36.5 Å². The highest BCUT2D eigenvalue weighted by atomic mass is 16.5. The standard InChI is InChI=1S/C27H37N7O4/c1-5-6-23(35)21-12-25(32-27(31-21)38-18(2)15-36-4)34-9-7-19(8-10-34)16-37-24-11-20(13-30-26(24)28)22-14-29-17-33(22)3/h11-14,17-19H,5-10,15-16H2,1-4H3,(H2,28,30)/t18-/m1/s1. The number of hydrogen-bond acceptors (Lipinski definition) is 10. The average molecular weight is 524 g/mol. The summed E-state index contributed by atoms with van der Waals surface area (Å²) in [4.78, 5) is 32.3. The van der Waals surface area contributed by atoms with Crippen LogP contribution in [-0.4, -0.2) is 69.8 Å². The summed E-state index contributed by atoms with van der Waals surface area (Å²) in [6.45, 7) is 6.37. The fourth-order valence-electron chi connectivity index (χ4n) is 4.46. The fraction of sp³-hybridized carbons (Fsp3) is 0.519. The van der Waals surface area contributed by atoms with Crippen LogP contribution in [0.15, 0.2) is 30.9 Å². The maximum absolute atomic E-state index is 12.6. The Morgan fingerprint density at radius 3 is 2.68 bits per heavy atom. The number of aryl methyl sites for hydroxylation is 1. The van der Waals surface area contributed by atoms with E-state index in [0.29, 0.717) is 48.6 Å². The molecule has 1 aliphatic rings.